The minimum Gasteiger partial charge on any atom is -0.482 e. The molecule has 138 valence electrons. The summed E-state index contributed by atoms with van der Waals surface area (Å²) in [5, 5.41) is 8.59. The lowest BCUT2D eigenvalue weighted by Crippen LogP contribution is -2.34. The smallest absolute Gasteiger partial charge is 0.341 e. The van der Waals surface area contributed by atoms with Gasteiger partial charge < -0.3 is 19.5 Å². The minimum absolute atomic E-state index is 0.0380. The van der Waals surface area contributed by atoms with Gasteiger partial charge >= 0.3 is 5.97 Å². The molecule has 2 rings (SSSR count). The summed E-state index contributed by atoms with van der Waals surface area (Å²) in [6, 6.07) is 7.06. The molecule has 1 aliphatic carbocycles. The van der Waals surface area contributed by atoms with Gasteiger partial charge in [0, 0.05) is 13.6 Å². The Morgan fingerprint density at radius 1 is 1.16 bits per heavy atom. The maximum atomic E-state index is 12.3. The van der Waals surface area contributed by atoms with Crippen molar-refractivity contribution >= 4 is 11.9 Å². The third-order valence-corrected chi connectivity index (χ3v) is 4.58. The molecule has 0 spiro atoms. The van der Waals surface area contributed by atoms with Gasteiger partial charge in [0.05, 0.1) is 6.10 Å². The van der Waals surface area contributed by atoms with E-state index in [0.717, 1.165) is 12.0 Å². The van der Waals surface area contributed by atoms with Gasteiger partial charge in [0.1, 0.15) is 12.4 Å². The maximum absolute atomic E-state index is 12.3. The van der Waals surface area contributed by atoms with Crippen LogP contribution in [0.3, 0.4) is 0 Å². The van der Waals surface area contributed by atoms with Crippen molar-refractivity contribution in [2.24, 2.45) is 5.92 Å². The average Bonchev–Trinajstić information content (AvgIpc) is 2.60. The molecule has 2 atom stereocenters. The normalized spacial score (nSPS) is 20.1. The molecule has 0 bridgehead atoms. The monoisotopic (exact) mass is 349 g/mol. The Morgan fingerprint density at radius 2 is 1.84 bits per heavy atom. The van der Waals surface area contributed by atoms with Crippen LogP contribution in [-0.2, 0) is 20.9 Å². The van der Waals surface area contributed by atoms with E-state index in [1.165, 1.54) is 19.3 Å². The van der Waals surface area contributed by atoms with Gasteiger partial charge in [-0.1, -0.05) is 31.9 Å². The standard InChI is InChI=1S/C19H27NO5/c1-14-5-3-4-6-17(14)25-12-18(21)20(2)11-15-7-9-16(10-8-15)24-13-19(22)23/h7-10,14,17H,3-6,11-13H2,1-2H3,(H,22,23). The highest BCUT2D eigenvalue weighted by Gasteiger charge is 2.23. The number of nitrogens with zero attached hydrogens (tertiary/aromatic N) is 1. The number of rotatable bonds is 8. The number of amides is 1. The number of carboxylic acid groups (broad SMARTS) is 1. The molecule has 1 aromatic carbocycles. The van der Waals surface area contributed by atoms with Crippen molar-refractivity contribution in [2.75, 3.05) is 20.3 Å². The second kappa shape index (κ2) is 9.42. The van der Waals surface area contributed by atoms with Crippen molar-refractivity contribution in [1.82, 2.24) is 4.90 Å². The van der Waals surface area contributed by atoms with Crippen LogP contribution < -0.4 is 4.74 Å². The van der Waals surface area contributed by atoms with E-state index in [0.29, 0.717) is 18.2 Å². The number of benzene rings is 1. The Morgan fingerprint density at radius 3 is 2.48 bits per heavy atom. The zero-order valence-corrected chi connectivity index (χ0v) is 14.9. The summed E-state index contributed by atoms with van der Waals surface area (Å²) in [5.41, 5.74) is 0.949. The number of aliphatic carboxylic acids is 1. The summed E-state index contributed by atoms with van der Waals surface area (Å²) in [5.74, 6) is -0.0365. The first kappa shape index (κ1) is 19.2. The van der Waals surface area contributed by atoms with Crippen LogP contribution in [0, 0.1) is 5.92 Å². The summed E-state index contributed by atoms with van der Waals surface area (Å²) in [6.07, 6.45) is 4.83. The molecule has 1 aromatic rings. The van der Waals surface area contributed by atoms with Crippen molar-refractivity contribution in [1.29, 1.82) is 0 Å². The van der Waals surface area contributed by atoms with Gasteiger partial charge in [-0.3, -0.25) is 4.79 Å². The topological polar surface area (TPSA) is 76.1 Å². The first-order valence-corrected chi connectivity index (χ1v) is 8.75. The molecule has 1 N–H and O–H groups in total. The highest BCUT2D eigenvalue weighted by molar-refractivity contribution is 5.77. The van der Waals surface area contributed by atoms with E-state index in [4.69, 9.17) is 14.6 Å². The molecule has 1 aliphatic rings. The largest absolute Gasteiger partial charge is 0.482 e. The van der Waals surface area contributed by atoms with Gasteiger partial charge in [0.25, 0.3) is 0 Å². The van der Waals surface area contributed by atoms with Gasteiger partial charge in [0.15, 0.2) is 6.61 Å². The van der Waals surface area contributed by atoms with Crippen molar-refractivity contribution in [3.63, 3.8) is 0 Å². The number of likely N-dealkylation sites (N-methyl/N-ethyl adjacent to an activating group) is 1. The van der Waals surface area contributed by atoms with E-state index in [2.05, 4.69) is 6.92 Å². The molecule has 1 fully saturated rings. The van der Waals surface area contributed by atoms with Gasteiger partial charge in [-0.15, -0.1) is 0 Å². The Kier molecular flexibility index (Phi) is 7.25. The lowest BCUT2D eigenvalue weighted by molar-refractivity contribution is -0.140. The predicted octanol–water partition coefficient (Wildman–Crippen LogP) is 2.70. The zero-order valence-electron chi connectivity index (χ0n) is 14.9. The molecular weight excluding hydrogens is 322 g/mol. The Labute approximate surface area is 148 Å². The van der Waals surface area contributed by atoms with E-state index >= 15 is 0 Å². The molecule has 0 aliphatic heterocycles. The fraction of sp³-hybridized carbons (Fsp3) is 0.579. The summed E-state index contributed by atoms with van der Waals surface area (Å²) >= 11 is 0. The molecule has 25 heavy (non-hydrogen) atoms. The van der Waals surface area contributed by atoms with Crippen LogP contribution in [0.15, 0.2) is 24.3 Å². The van der Waals surface area contributed by atoms with Crippen LogP contribution in [0.25, 0.3) is 0 Å². The minimum atomic E-state index is -1.01. The van der Waals surface area contributed by atoms with Gasteiger partial charge in [-0.25, -0.2) is 4.79 Å². The van der Waals surface area contributed by atoms with Gasteiger partial charge in [0.2, 0.25) is 5.91 Å². The van der Waals surface area contributed by atoms with Crippen molar-refractivity contribution in [2.45, 2.75) is 45.3 Å². The molecule has 2 unspecified atom stereocenters. The molecular formula is C19H27NO5. The van der Waals surface area contributed by atoms with Crippen molar-refractivity contribution in [3.05, 3.63) is 29.8 Å². The molecule has 6 heteroatoms. The van der Waals surface area contributed by atoms with E-state index < -0.39 is 5.97 Å². The third-order valence-electron chi connectivity index (χ3n) is 4.58. The fourth-order valence-corrected chi connectivity index (χ4v) is 3.02. The molecule has 1 amide bonds. The molecule has 0 saturated heterocycles. The predicted molar refractivity (Wildman–Crippen MR) is 93.4 cm³/mol. The number of carbonyl (C=O) groups excluding carboxylic acids is 1. The quantitative estimate of drug-likeness (QED) is 0.781. The number of hydrogen-bond donors (Lipinski definition) is 1. The van der Waals surface area contributed by atoms with Crippen LogP contribution in [0.2, 0.25) is 0 Å². The Bertz CT molecular complexity index is 572. The molecule has 0 aromatic heterocycles. The van der Waals surface area contributed by atoms with Crippen LogP contribution in [0.1, 0.15) is 38.2 Å². The first-order chi connectivity index (χ1) is 12.0. The number of hydrogen-bond acceptors (Lipinski definition) is 4. The van der Waals surface area contributed by atoms with Crippen molar-refractivity contribution < 1.29 is 24.2 Å². The Hall–Kier alpha value is -2.08. The molecule has 0 heterocycles. The van der Waals surface area contributed by atoms with E-state index in [9.17, 15) is 9.59 Å². The van der Waals surface area contributed by atoms with Crippen LogP contribution >= 0.6 is 0 Å². The second-order valence-corrected chi connectivity index (χ2v) is 6.69. The lowest BCUT2D eigenvalue weighted by Gasteiger charge is -2.29. The number of carbonyl (C=O) groups is 2. The van der Waals surface area contributed by atoms with Crippen molar-refractivity contribution in [3.8, 4) is 5.75 Å². The zero-order chi connectivity index (χ0) is 18.2. The van der Waals surface area contributed by atoms with E-state index in [1.807, 2.05) is 12.1 Å². The summed E-state index contributed by atoms with van der Waals surface area (Å²) in [4.78, 5) is 24.4. The number of ether oxygens (including phenoxy) is 2. The Balaban J connectivity index is 1.77. The first-order valence-electron chi connectivity index (χ1n) is 8.75. The highest BCUT2D eigenvalue weighted by atomic mass is 16.5. The van der Waals surface area contributed by atoms with Crippen LogP contribution in [-0.4, -0.2) is 48.2 Å². The highest BCUT2D eigenvalue weighted by Crippen LogP contribution is 2.26. The number of carboxylic acids is 1. The molecule has 1 saturated carbocycles. The third kappa shape index (κ3) is 6.38. The van der Waals surface area contributed by atoms with Crippen LogP contribution in [0.5, 0.6) is 5.75 Å². The summed E-state index contributed by atoms with van der Waals surface area (Å²) in [6.45, 7) is 2.41. The lowest BCUT2D eigenvalue weighted by atomic mass is 9.88. The van der Waals surface area contributed by atoms with Crippen LogP contribution in [0.4, 0.5) is 0 Å². The summed E-state index contributed by atoms with van der Waals surface area (Å²) < 4.78 is 10.9. The molecule has 6 nitrogen and oxygen atoms in total. The van der Waals surface area contributed by atoms with E-state index in [1.54, 1.807) is 24.1 Å². The second-order valence-electron chi connectivity index (χ2n) is 6.69. The molecule has 0 radical (unpaired) electrons. The SMILES string of the molecule is CC1CCCCC1OCC(=O)N(C)Cc1ccc(OCC(=O)O)cc1. The van der Waals surface area contributed by atoms with Gasteiger partial charge in [-0.05, 0) is 36.5 Å². The average molecular weight is 349 g/mol. The summed E-state index contributed by atoms with van der Waals surface area (Å²) in [7, 11) is 1.75. The maximum Gasteiger partial charge on any atom is 0.341 e. The van der Waals surface area contributed by atoms with Gasteiger partial charge in [-0.2, -0.15) is 0 Å². The van der Waals surface area contributed by atoms with E-state index in [-0.39, 0.29) is 25.2 Å². The fourth-order valence-electron chi connectivity index (χ4n) is 3.02.